The molecule has 27 heavy (non-hydrogen) atoms. The maximum absolute atomic E-state index is 11.7. The number of nitrogens with one attached hydrogen (secondary N) is 2. The Hall–Kier alpha value is -2.85. The van der Waals surface area contributed by atoms with Gasteiger partial charge in [0.2, 0.25) is 5.91 Å². The highest BCUT2D eigenvalue weighted by molar-refractivity contribution is 6.32. The molecule has 1 aromatic carbocycles. The summed E-state index contributed by atoms with van der Waals surface area (Å²) in [6, 6.07) is 5.48. The van der Waals surface area contributed by atoms with E-state index in [0.29, 0.717) is 10.7 Å². The lowest BCUT2D eigenvalue weighted by molar-refractivity contribution is -0.192. The number of carbonyl (C=O) groups excluding carboxylic acids is 1. The highest BCUT2D eigenvalue weighted by Gasteiger charge is 2.38. The molecule has 7 nitrogen and oxygen atoms in total. The summed E-state index contributed by atoms with van der Waals surface area (Å²) in [7, 11) is 1.47. The van der Waals surface area contributed by atoms with Gasteiger partial charge in [-0.3, -0.25) is 9.78 Å². The van der Waals surface area contributed by atoms with Crippen LogP contribution in [0.1, 0.15) is 0 Å². The second-order valence-corrected chi connectivity index (χ2v) is 5.64. The third-order valence-electron chi connectivity index (χ3n) is 3.27. The van der Waals surface area contributed by atoms with Gasteiger partial charge < -0.3 is 20.1 Å². The van der Waals surface area contributed by atoms with E-state index in [1.165, 1.54) is 7.11 Å². The number of fused-ring (bicyclic) bond motifs is 3. The first-order valence-electron chi connectivity index (χ1n) is 7.27. The molecule has 0 atom stereocenters. The van der Waals surface area contributed by atoms with Gasteiger partial charge in [-0.15, -0.1) is 0 Å². The molecule has 0 bridgehead atoms. The zero-order valence-electron chi connectivity index (χ0n) is 13.7. The summed E-state index contributed by atoms with van der Waals surface area (Å²) in [6.45, 7) is -0.00418. The van der Waals surface area contributed by atoms with Crippen LogP contribution in [0.4, 0.5) is 18.9 Å². The summed E-state index contributed by atoms with van der Waals surface area (Å²) < 4.78 is 36.5. The number of amides is 1. The Kier molecular flexibility index (Phi) is 6.24. The first-order valence-corrected chi connectivity index (χ1v) is 7.65. The number of aromatic nitrogens is 2. The molecule has 0 unspecified atom stereocenters. The molecule has 0 saturated heterocycles. The molecule has 1 amide bonds. The number of H-pyrrole nitrogens is 1. The minimum absolute atomic E-state index is 0.00418. The van der Waals surface area contributed by atoms with Crippen LogP contribution in [0.5, 0.6) is 0 Å². The van der Waals surface area contributed by atoms with E-state index in [1.807, 2.05) is 12.1 Å². The number of carboxylic acids is 1. The minimum Gasteiger partial charge on any atom is -0.475 e. The Labute approximate surface area is 155 Å². The van der Waals surface area contributed by atoms with E-state index in [9.17, 15) is 18.0 Å². The number of aliphatic carboxylic acids is 1. The van der Waals surface area contributed by atoms with E-state index in [-0.39, 0.29) is 12.5 Å². The molecule has 11 heteroatoms. The van der Waals surface area contributed by atoms with Gasteiger partial charge in [-0.2, -0.15) is 13.2 Å². The summed E-state index contributed by atoms with van der Waals surface area (Å²) in [5.74, 6) is -2.99. The second-order valence-electron chi connectivity index (χ2n) is 5.21. The van der Waals surface area contributed by atoms with E-state index in [1.54, 1.807) is 18.5 Å². The highest BCUT2D eigenvalue weighted by Crippen LogP contribution is 2.33. The van der Waals surface area contributed by atoms with Gasteiger partial charge in [-0.25, -0.2) is 4.79 Å². The Morgan fingerprint density at radius 1 is 1.33 bits per heavy atom. The number of hydrogen-bond donors (Lipinski definition) is 3. The maximum Gasteiger partial charge on any atom is 0.490 e. The first-order chi connectivity index (χ1) is 12.6. The van der Waals surface area contributed by atoms with Gasteiger partial charge in [-0.1, -0.05) is 11.6 Å². The van der Waals surface area contributed by atoms with Gasteiger partial charge in [0.1, 0.15) is 6.61 Å². The summed E-state index contributed by atoms with van der Waals surface area (Å²) in [6.07, 6.45) is -1.62. The zero-order valence-corrected chi connectivity index (χ0v) is 14.5. The molecular formula is C16H13ClF3N3O4. The van der Waals surface area contributed by atoms with Crippen molar-refractivity contribution in [1.82, 2.24) is 9.97 Å². The number of halogens is 4. The fourth-order valence-electron chi connectivity index (χ4n) is 2.23. The molecule has 144 valence electrons. The number of carboxylic acid groups (broad SMARTS) is 1. The van der Waals surface area contributed by atoms with Crippen molar-refractivity contribution in [3.63, 3.8) is 0 Å². The van der Waals surface area contributed by atoms with Crippen molar-refractivity contribution in [2.45, 2.75) is 6.18 Å². The number of methoxy groups -OCH3 is 1. The van der Waals surface area contributed by atoms with E-state index >= 15 is 0 Å². The monoisotopic (exact) mass is 403 g/mol. The van der Waals surface area contributed by atoms with Crippen molar-refractivity contribution in [1.29, 1.82) is 0 Å². The topological polar surface area (TPSA) is 104 Å². The van der Waals surface area contributed by atoms with Gasteiger partial charge in [0.25, 0.3) is 0 Å². The van der Waals surface area contributed by atoms with Crippen molar-refractivity contribution in [2.75, 3.05) is 19.0 Å². The predicted octanol–water partition coefficient (Wildman–Crippen LogP) is 3.59. The molecule has 0 fully saturated rings. The van der Waals surface area contributed by atoms with Crippen molar-refractivity contribution in [3.05, 3.63) is 35.6 Å². The third kappa shape index (κ3) is 5.08. The van der Waals surface area contributed by atoms with Crippen LogP contribution in [-0.2, 0) is 14.3 Å². The van der Waals surface area contributed by atoms with E-state index < -0.39 is 12.1 Å². The van der Waals surface area contributed by atoms with Gasteiger partial charge in [0.15, 0.2) is 0 Å². The molecule has 0 aliphatic rings. The molecular weight excluding hydrogens is 391 g/mol. The average Bonchev–Trinajstić information content (AvgIpc) is 2.94. The highest BCUT2D eigenvalue weighted by atomic mass is 35.5. The lowest BCUT2D eigenvalue weighted by Crippen LogP contribution is -2.21. The van der Waals surface area contributed by atoms with Crippen LogP contribution in [-0.4, -0.2) is 46.8 Å². The number of nitrogens with zero attached hydrogens (tertiary/aromatic N) is 1. The summed E-state index contributed by atoms with van der Waals surface area (Å²) in [5.41, 5.74) is 2.35. The molecule has 0 spiro atoms. The molecule has 0 aliphatic carbocycles. The fourth-order valence-corrected chi connectivity index (χ4v) is 2.45. The molecule has 3 aromatic rings. The largest absolute Gasteiger partial charge is 0.490 e. The normalized spacial score (nSPS) is 11.1. The lowest BCUT2D eigenvalue weighted by atomic mass is 10.1. The number of ether oxygens (including phenoxy) is 1. The smallest absolute Gasteiger partial charge is 0.475 e. The number of hydrogen-bond acceptors (Lipinski definition) is 4. The van der Waals surface area contributed by atoms with Crippen LogP contribution in [0.2, 0.25) is 5.02 Å². The molecule has 3 rings (SSSR count). The van der Waals surface area contributed by atoms with Crippen molar-refractivity contribution < 1.29 is 32.6 Å². The quantitative estimate of drug-likeness (QED) is 0.620. The summed E-state index contributed by atoms with van der Waals surface area (Å²) >= 11 is 6.13. The van der Waals surface area contributed by atoms with E-state index in [2.05, 4.69) is 15.3 Å². The van der Waals surface area contributed by atoms with Crippen LogP contribution in [0.3, 0.4) is 0 Å². The van der Waals surface area contributed by atoms with Crippen LogP contribution in [0.25, 0.3) is 21.8 Å². The fraction of sp³-hybridized carbons (Fsp3) is 0.188. The Bertz CT molecular complexity index is 988. The molecule has 0 aliphatic heterocycles. The van der Waals surface area contributed by atoms with Crippen LogP contribution >= 0.6 is 11.6 Å². The first kappa shape index (κ1) is 20.5. The Balaban J connectivity index is 0.000000321. The number of aromatic amines is 1. The Morgan fingerprint density at radius 2 is 2.00 bits per heavy atom. The second kappa shape index (κ2) is 8.23. The SMILES string of the molecule is COCC(=O)Nc1cc(Cl)cc2c1[nH]c1cnccc12.O=C(O)C(F)(F)F. The zero-order chi connectivity index (χ0) is 20.2. The average molecular weight is 404 g/mol. The summed E-state index contributed by atoms with van der Waals surface area (Å²) in [5, 5.41) is 12.4. The number of carbonyl (C=O) groups is 2. The van der Waals surface area contributed by atoms with Gasteiger partial charge in [-0.05, 0) is 18.2 Å². The van der Waals surface area contributed by atoms with Gasteiger partial charge in [0.05, 0.1) is 22.9 Å². The van der Waals surface area contributed by atoms with E-state index in [4.69, 9.17) is 26.2 Å². The van der Waals surface area contributed by atoms with Crippen molar-refractivity contribution in [3.8, 4) is 0 Å². The predicted molar refractivity (Wildman–Crippen MR) is 92.8 cm³/mol. The Morgan fingerprint density at radius 3 is 2.59 bits per heavy atom. The third-order valence-corrected chi connectivity index (χ3v) is 3.48. The van der Waals surface area contributed by atoms with Gasteiger partial charge in [0, 0.05) is 29.1 Å². The molecule has 0 radical (unpaired) electrons. The van der Waals surface area contributed by atoms with Crippen molar-refractivity contribution >= 4 is 51.0 Å². The van der Waals surface area contributed by atoms with Crippen LogP contribution in [0, 0.1) is 0 Å². The molecule has 2 aromatic heterocycles. The number of benzene rings is 1. The molecule has 2 heterocycles. The van der Waals surface area contributed by atoms with E-state index in [0.717, 1.165) is 21.8 Å². The van der Waals surface area contributed by atoms with Crippen LogP contribution in [0.15, 0.2) is 30.6 Å². The lowest BCUT2D eigenvalue weighted by Gasteiger charge is -2.06. The number of anilines is 1. The minimum atomic E-state index is -5.08. The van der Waals surface area contributed by atoms with Gasteiger partial charge >= 0.3 is 12.1 Å². The standard InChI is InChI=1S/C14H12ClN3O2.C2HF3O2/c1-20-7-13(19)17-11-5-8(15)4-10-9-2-3-16-6-12(9)18-14(10)11;3-2(4,5)1(6)7/h2-6,18H,7H2,1H3,(H,17,19);(H,6,7). The van der Waals surface area contributed by atoms with Crippen LogP contribution < -0.4 is 5.32 Å². The number of alkyl halides is 3. The summed E-state index contributed by atoms with van der Waals surface area (Å²) in [4.78, 5) is 27.9. The maximum atomic E-state index is 11.7. The number of pyridine rings is 1. The number of rotatable bonds is 3. The molecule has 0 saturated carbocycles. The molecule has 3 N–H and O–H groups in total. The van der Waals surface area contributed by atoms with Crippen molar-refractivity contribution in [2.24, 2.45) is 0 Å².